The van der Waals surface area contributed by atoms with Crippen LogP contribution in [0.15, 0.2) is 36.4 Å². The van der Waals surface area contributed by atoms with Gasteiger partial charge in [0.2, 0.25) is 0 Å². The number of rotatable bonds is 2. The van der Waals surface area contributed by atoms with Crippen LogP contribution in [0.5, 0.6) is 0 Å². The van der Waals surface area contributed by atoms with Gasteiger partial charge >= 0.3 is 5.97 Å². The Kier molecular flexibility index (Phi) is 4.70. The highest BCUT2D eigenvalue weighted by atomic mass is 16.4. The molecule has 2 nitrogen and oxygen atoms in total. The Hall–Kier alpha value is -1.83. The van der Waals surface area contributed by atoms with Crippen molar-refractivity contribution < 1.29 is 9.90 Å². The monoisotopic (exact) mass is 230 g/mol. The summed E-state index contributed by atoms with van der Waals surface area (Å²) in [7, 11) is 0. The second-order valence-electron chi connectivity index (χ2n) is 3.52. The maximum Gasteiger partial charge on any atom is 0.336 e. The summed E-state index contributed by atoms with van der Waals surface area (Å²) >= 11 is 0. The molecule has 0 bridgehead atoms. The lowest BCUT2D eigenvalue weighted by atomic mass is 10.0. The predicted octanol–water partition coefficient (Wildman–Crippen LogP) is 4.13. The molecular formula is C15H18O2. The molecule has 2 aromatic carbocycles. The molecular weight excluding hydrogens is 212 g/mol. The molecule has 2 rings (SSSR count). The van der Waals surface area contributed by atoms with Crippen molar-refractivity contribution in [3.8, 4) is 0 Å². The van der Waals surface area contributed by atoms with Crippen molar-refractivity contribution in [3.05, 3.63) is 47.5 Å². The number of carbonyl (C=O) groups is 1. The van der Waals surface area contributed by atoms with E-state index in [0.717, 1.165) is 17.2 Å². The quantitative estimate of drug-likeness (QED) is 0.842. The summed E-state index contributed by atoms with van der Waals surface area (Å²) in [5.41, 5.74) is 1.60. The fraction of sp³-hybridized carbons (Fsp3) is 0.267. The molecule has 0 unspecified atom stereocenters. The Morgan fingerprint density at radius 3 is 2.47 bits per heavy atom. The van der Waals surface area contributed by atoms with E-state index < -0.39 is 5.97 Å². The van der Waals surface area contributed by atoms with Crippen LogP contribution >= 0.6 is 0 Å². The van der Waals surface area contributed by atoms with Crippen LogP contribution in [0.3, 0.4) is 0 Å². The largest absolute Gasteiger partial charge is 0.478 e. The Morgan fingerprint density at radius 1 is 1.18 bits per heavy atom. The van der Waals surface area contributed by atoms with E-state index in [2.05, 4.69) is 6.92 Å². The molecule has 2 aromatic rings. The molecule has 1 N–H and O–H groups in total. The molecule has 0 fully saturated rings. The molecule has 0 aliphatic heterocycles. The summed E-state index contributed by atoms with van der Waals surface area (Å²) < 4.78 is 0. The van der Waals surface area contributed by atoms with Gasteiger partial charge in [0, 0.05) is 0 Å². The zero-order valence-corrected chi connectivity index (χ0v) is 10.5. The highest BCUT2D eigenvalue weighted by Crippen LogP contribution is 2.20. The van der Waals surface area contributed by atoms with Crippen LogP contribution in [-0.4, -0.2) is 11.1 Å². The number of benzene rings is 2. The number of aryl methyl sites for hydroxylation is 1. The third-order valence-corrected chi connectivity index (χ3v) is 2.58. The zero-order valence-electron chi connectivity index (χ0n) is 10.5. The summed E-state index contributed by atoms with van der Waals surface area (Å²) in [6.07, 6.45) is 0.966. The van der Waals surface area contributed by atoms with E-state index in [0.29, 0.717) is 5.56 Å². The highest BCUT2D eigenvalue weighted by molar-refractivity contribution is 6.03. The molecule has 0 amide bonds. The van der Waals surface area contributed by atoms with Gasteiger partial charge in [-0.15, -0.1) is 0 Å². The van der Waals surface area contributed by atoms with Gasteiger partial charge in [-0.2, -0.15) is 0 Å². The highest BCUT2D eigenvalue weighted by Gasteiger charge is 2.07. The smallest absolute Gasteiger partial charge is 0.336 e. The summed E-state index contributed by atoms with van der Waals surface area (Å²) in [5, 5.41) is 10.8. The Bertz CT molecular complexity index is 515. The van der Waals surface area contributed by atoms with Crippen molar-refractivity contribution in [2.75, 3.05) is 0 Å². The van der Waals surface area contributed by atoms with Crippen LogP contribution in [-0.2, 0) is 6.42 Å². The van der Waals surface area contributed by atoms with Gasteiger partial charge < -0.3 is 5.11 Å². The normalized spacial score (nSPS) is 9.59. The third kappa shape index (κ3) is 2.84. The van der Waals surface area contributed by atoms with Gasteiger partial charge in [0.05, 0.1) is 5.56 Å². The summed E-state index contributed by atoms with van der Waals surface area (Å²) in [6, 6.07) is 11.3. The molecule has 0 aliphatic carbocycles. The number of aromatic carboxylic acids is 1. The summed E-state index contributed by atoms with van der Waals surface area (Å²) in [5.74, 6) is -0.871. The molecule has 0 radical (unpaired) electrons. The number of fused-ring (bicyclic) bond motifs is 1. The number of carboxylic acid groups (broad SMARTS) is 1. The number of hydrogen-bond donors (Lipinski definition) is 1. The molecule has 0 aromatic heterocycles. The molecule has 0 atom stereocenters. The van der Waals surface area contributed by atoms with Gasteiger partial charge in [-0.25, -0.2) is 4.79 Å². The first-order valence-corrected chi connectivity index (χ1v) is 5.97. The Balaban J connectivity index is 0.000000686. The third-order valence-electron chi connectivity index (χ3n) is 2.58. The second-order valence-corrected chi connectivity index (χ2v) is 3.52. The lowest BCUT2D eigenvalue weighted by molar-refractivity contribution is 0.0699. The van der Waals surface area contributed by atoms with E-state index in [9.17, 15) is 4.79 Å². The summed E-state index contributed by atoms with van der Waals surface area (Å²) in [6.45, 7) is 6.09. The summed E-state index contributed by atoms with van der Waals surface area (Å²) in [4.78, 5) is 11.0. The van der Waals surface area contributed by atoms with Crippen molar-refractivity contribution in [1.82, 2.24) is 0 Å². The molecule has 0 saturated carbocycles. The fourth-order valence-corrected chi connectivity index (χ4v) is 1.74. The maximum absolute atomic E-state index is 11.0. The van der Waals surface area contributed by atoms with Gasteiger partial charge in [-0.05, 0) is 28.8 Å². The first-order valence-electron chi connectivity index (χ1n) is 5.97. The minimum Gasteiger partial charge on any atom is -0.478 e. The van der Waals surface area contributed by atoms with Crippen LogP contribution in [0.25, 0.3) is 10.8 Å². The van der Waals surface area contributed by atoms with E-state index in [1.807, 2.05) is 38.1 Å². The van der Waals surface area contributed by atoms with Crippen LogP contribution in [0, 0.1) is 0 Å². The van der Waals surface area contributed by atoms with Crippen LogP contribution < -0.4 is 0 Å². The first kappa shape index (κ1) is 13.2. The van der Waals surface area contributed by atoms with Crippen molar-refractivity contribution >= 4 is 16.7 Å². The fourth-order valence-electron chi connectivity index (χ4n) is 1.74. The minimum atomic E-state index is -0.871. The number of hydrogen-bond acceptors (Lipinski definition) is 1. The van der Waals surface area contributed by atoms with E-state index >= 15 is 0 Å². The van der Waals surface area contributed by atoms with E-state index in [1.54, 1.807) is 12.1 Å². The van der Waals surface area contributed by atoms with Crippen LogP contribution in [0.1, 0.15) is 36.7 Å². The Labute approximate surface area is 102 Å². The maximum atomic E-state index is 11.0. The average Bonchev–Trinajstić information content (AvgIpc) is 2.39. The molecule has 2 heteroatoms. The lowest BCUT2D eigenvalue weighted by Crippen LogP contribution is -1.97. The average molecular weight is 230 g/mol. The molecule has 90 valence electrons. The van der Waals surface area contributed by atoms with E-state index in [-0.39, 0.29) is 0 Å². The number of carboxylic acids is 1. The van der Waals surface area contributed by atoms with Gasteiger partial charge in [0.15, 0.2) is 0 Å². The topological polar surface area (TPSA) is 37.3 Å². The SMILES string of the molecule is CC.CCc1ccc2c(C(=O)O)cccc2c1. The standard InChI is InChI=1S/C13H12O2.C2H6/c1-2-9-6-7-11-10(8-9)4-3-5-12(11)13(14)15;1-2/h3-8H,2H2,1H3,(H,14,15);1-2H3. The second kappa shape index (κ2) is 6.04. The molecule has 0 spiro atoms. The first-order chi connectivity index (χ1) is 8.22. The molecule has 17 heavy (non-hydrogen) atoms. The zero-order chi connectivity index (χ0) is 12.8. The molecule has 0 saturated heterocycles. The lowest BCUT2D eigenvalue weighted by Gasteiger charge is -2.04. The van der Waals surface area contributed by atoms with Crippen molar-refractivity contribution in [2.45, 2.75) is 27.2 Å². The predicted molar refractivity (Wildman–Crippen MR) is 71.6 cm³/mol. The van der Waals surface area contributed by atoms with Gasteiger partial charge in [-0.3, -0.25) is 0 Å². The van der Waals surface area contributed by atoms with E-state index in [4.69, 9.17) is 5.11 Å². The molecule has 0 heterocycles. The Morgan fingerprint density at radius 2 is 1.88 bits per heavy atom. The minimum absolute atomic E-state index is 0.371. The van der Waals surface area contributed by atoms with Gasteiger partial charge in [0.1, 0.15) is 0 Å². The van der Waals surface area contributed by atoms with Gasteiger partial charge in [-0.1, -0.05) is 51.1 Å². The molecule has 0 aliphatic rings. The van der Waals surface area contributed by atoms with Crippen LogP contribution in [0.2, 0.25) is 0 Å². The van der Waals surface area contributed by atoms with Gasteiger partial charge in [0.25, 0.3) is 0 Å². The van der Waals surface area contributed by atoms with Crippen molar-refractivity contribution in [1.29, 1.82) is 0 Å². The van der Waals surface area contributed by atoms with Crippen molar-refractivity contribution in [3.63, 3.8) is 0 Å². The van der Waals surface area contributed by atoms with E-state index in [1.165, 1.54) is 5.56 Å². The van der Waals surface area contributed by atoms with Crippen molar-refractivity contribution in [2.24, 2.45) is 0 Å². The van der Waals surface area contributed by atoms with Crippen LogP contribution in [0.4, 0.5) is 0 Å².